The predicted molar refractivity (Wildman–Crippen MR) is 165 cm³/mol. The Labute approximate surface area is 245 Å². The van der Waals surface area contributed by atoms with E-state index in [1.165, 1.54) is 11.1 Å². The molecule has 41 heavy (non-hydrogen) atoms. The van der Waals surface area contributed by atoms with Gasteiger partial charge in [0.2, 0.25) is 0 Å². The van der Waals surface area contributed by atoms with Crippen LogP contribution in [0, 0.1) is 0 Å². The number of ether oxygens (including phenoxy) is 2. The first kappa shape index (κ1) is 29.3. The Hall–Kier alpha value is -3.20. The largest absolute Gasteiger partial charge is 0.491 e. The van der Waals surface area contributed by atoms with Crippen LogP contribution in [0.1, 0.15) is 70.4 Å². The molecular weight excluding hydrogens is 512 g/mol. The van der Waals surface area contributed by atoms with Gasteiger partial charge in [-0.2, -0.15) is 0 Å². The Morgan fingerprint density at radius 3 is 2.24 bits per heavy atom. The van der Waals surface area contributed by atoms with Crippen molar-refractivity contribution >= 4 is 5.69 Å². The summed E-state index contributed by atoms with van der Waals surface area (Å²) in [6.07, 6.45) is 10.1. The third-order valence-corrected chi connectivity index (χ3v) is 7.97. The van der Waals surface area contributed by atoms with E-state index in [0.29, 0.717) is 5.92 Å². The molecule has 0 atom stereocenters. The number of piperidine rings is 2. The average Bonchev–Trinajstić information content (AvgIpc) is 2.97. The van der Waals surface area contributed by atoms with Gasteiger partial charge in [-0.15, -0.1) is 0 Å². The molecule has 5 rings (SSSR count). The second-order valence-electron chi connectivity index (χ2n) is 11.9. The van der Waals surface area contributed by atoms with Crippen molar-refractivity contribution in [3.8, 4) is 22.8 Å². The summed E-state index contributed by atoms with van der Waals surface area (Å²) in [6.45, 7) is 13.1. The fraction of sp³-hybridized carbons (Fsp3) is 0.515. The smallest absolute Gasteiger partial charge is 0.123 e. The van der Waals surface area contributed by atoms with Crippen molar-refractivity contribution in [1.82, 2.24) is 20.2 Å². The van der Waals surface area contributed by atoms with Crippen LogP contribution in [0.25, 0.3) is 11.3 Å². The molecule has 0 aliphatic carbocycles. The third-order valence-electron chi connectivity index (χ3n) is 7.97. The van der Waals surface area contributed by atoms with Gasteiger partial charge in [0, 0.05) is 42.8 Å². The van der Waals surface area contributed by atoms with Crippen molar-refractivity contribution in [2.24, 2.45) is 5.84 Å². The van der Waals surface area contributed by atoms with Gasteiger partial charge in [-0.25, -0.2) is 5.84 Å². The number of nitrogens with zero attached hydrogens (tertiary/aromatic N) is 4. The van der Waals surface area contributed by atoms with E-state index in [-0.39, 0.29) is 18.2 Å². The fourth-order valence-electron chi connectivity index (χ4n) is 6.11. The molecule has 0 radical (unpaired) electrons. The maximum absolute atomic E-state index is 6.95. The molecule has 0 unspecified atom stereocenters. The molecule has 3 aromatic rings. The normalized spacial score (nSPS) is 17.2. The molecule has 2 saturated heterocycles. The van der Waals surface area contributed by atoms with Crippen LogP contribution in [-0.4, -0.2) is 59.3 Å². The second-order valence-corrected chi connectivity index (χ2v) is 11.9. The standard InChI is InChI=1S/C33H46N6O2/c1-23(2)40-29-18-25(19-30(20-29)41-24(3)4)22-38-16-10-26(11-17-38)31-9-15-37-32(27-6-5-12-36-21-27)33(31)39(34)28-7-13-35-14-8-28/h5-6,9,12,15,18-21,23-24,26,28,35H,7-8,10-11,13-14,16-17,22,34H2,1-4H3. The van der Waals surface area contributed by atoms with Gasteiger partial charge in [-0.05, 0) is 127 Å². The summed E-state index contributed by atoms with van der Waals surface area (Å²) < 4.78 is 12.1. The van der Waals surface area contributed by atoms with Crippen molar-refractivity contribution in [2.75, 3.05) is 31.2 Å². The molecule has 2 aliphatic rings. The molecule has 4 heterocycles. The maximum Gasteiger partial charge on any atom is 0.123 e. The number of anilines is 1. The fourth-order valence-corrected chi connectivity index (χ4v) is 6.11. The van der Waals surface area contributed by atoms with E-state index >= 15 is 0 Å². The van der Waals surface area contributed by atoms with Crippen LogP contribution in [0.4, 0.5) is 5.69 Å². The van der Waals surface area contributed by atoms with Gasteiger partial charge in [-0.3, -0.25) is 14.9 Å². The summed E-state index contributed by atoms with van der Waals surface area (Å²) >= 11 is 0. The molecule has 0 spiro atoms. The Morgan fingerprint density at radius 1 is 0.951 bits per heavy atom. The number of rotatable bonds is 10. The number of pyridine rings is 2. The minimum atomic E-state index is 0.117. The average molecular weight is 559 g/mol. The number of nitrogens with one attached hydrogen (secondary N) is 1. The van der Waals surface area contributed by atoms with Crippen LogP contribution in [0.3, 0.4) is 0 Å². The summed E-state index contributed by atoms with van der Waals surface area (Å²) in [4.78, 5) is 11.8. The lowest BCUT2D eigenvalue weighted by Gasteiger charge is -2.38. The molecule has 2 fully saturated rings. The van der Waals surface area contributed by atoms with Crippen molar-refractivity contribution in [3.63, 3.8) is 0 Å². The molecule has 220 valence electrons. The maximum atomic E-state index is 6.95. The lowest BCUT2D eigenvalue weighted by Crippen LogP contribution is -2.48. The zero-order valence-corrected chi connectivity index (χ0v) is 25.1. The highest BCUT2D eigenvalue weighted by molar-refractivity contribution is 5.77. The monoisotopic (exact) mass is 558 g/mol. The topological polar surface area (TPSA) is 88.8 Å². The third kappa shape index (κ3) is 7.56. The minimum Gasteiger partial charge on any atom is -0.491 e. The van der Waals surface area contributed by atoms with Gasteiger partial charge >= 0.3 is 0 Å². The first-order valence-electron chi connectivity index (χ1n) is 15.2. The van der Waals surface area contributed by atoms with Crippen LogP contribution < -0.4 is 25.6 Å². The number of nitrogens with two attached hydrogens (primary N) is 1. The van der Waals surface area contributed by atoms with E-state index in [1.807, 2.05) is 29.5 Å². The van der Waals surface area contributed by atoms with Crippen LogP contribution in [0.2, 0.25) is 0 Å². The van der Waals surface area contributed by atoms with Crippen LogP contribution >= 0.6 is 0 Å². The zero-order valence-electron chi connectivity index (χ0n) is 25.1. The van der Waals surface area contributed by atoms with Gasteiger partial charge in [0.25, 0.3) is 0 Å². The number of aromatic nitrogens is 2. The predicted octanol–water partition coefficient (Wildman–Crippen LogP) is 5.53. The summed E-state index contributed by atoms with van der Waals surface area (Å²) in [7, 11) is 0. The summed E-state index contributed by atoms with van der Waals surface area (Å²) in [5.74, 6) is 9.11. The Kier molecular flexibility index (Phi) is 9.75. The first-order valence-corrected chi connectivity index (χ1v) is 15.2. The molecule has 0 amide bonds. The van der Waals surface area contributed by atoms with Gasteiger partial charge < -0.3 is 19.8 Å². The van der Waals surface area contributed by atoms with E-state index in [1.54, 1.807) is 6.20 Å². The Balaban J connectivity index is 1.35. The minimum absolute atomic E-state index is 0.117. The molecule has 8 nitrogen and oxygen atoms in total. The number of likely N-dealkylation sites (tertiary alicyclic amines) is 1. The highest BCUT2D eigenvalue weighted by Crippen LogP contribution is 2.40. The van der Waals surface area contributed by atoms with Gasteiger partial charge in [-0.1, -0.05) is 0 Å². The number of benzene rings is 1. The van der Waals surface area contributed by atoms with Crippen molar-refractivity contribution in [3.05, 3.63) is 66.1 Å². The van der Waals surface area contributed by atoms with E-state index in [2.05, 4.69) is 67.2 Å². The Bertz CT molecular complexity index is 1230. The molecule has 2 aliphatic heterocycles. The molecule has 0 saturated carbocycles. The van der Waals surface area contributed by atoms with E-state index in [4.69, 9.17) is 20.3 Å². The van der Waals surface area contributed by atoms with Crippen LogP contribution in [-0.2, 0) is 6.54 Å². The highest BCUT2D eigenvalue weighted by Gasteiger charge is 2.29. The van der Waals surface area contributed by atoms with Crippen LogP contribution in [0.15, 0.2) is 55.0 Å². The van der Waals surface area contributed by atoms with Crippen molar-refractivity contribution in [2.45, 2.75) is 84.1 Å². The van der Waals surface area contributed by atoms with E-state index in [0.717, 1.165) is 86.9 Å². The van der Waals surface area contributed by atoms with Gasteiger partial charge in [0.05, 0.1) is 23.6 Å². The highest BCUT2D eigenvalue weighted by atomic mass is 16.5. The van der Waals surface area contributed by atoms with Crippen LogP contribution in [0.5, 0.6) is 11.5 Å². The number of hydrazine groups is 1. The molecular formula is C33H46N6O2. The molecule has 0 bridgehead atoms. The van der Waals surface area contributed by atoms with E-state index in [9.17, 15) is 0 Å². The quantitative estimate of drug-likeness (QED) is 0.248. The first-order chi connectivity index (χ1) is 19.9. The summed E-state index contributed by atoms with van der Waals surface area (Å²) in [6, 6.07) is 12.8. The van der Waals surface area contributed by atoms with Crippen molar-refractivity contribution < 1.29 is 9.47 Å². The number of hydrogen-bond acceptors (Lipinski definition) is 8. The van der Waals surface area contributed by atoms with Gasteiger partial charge in [0.1, 0.15) is 11.5 Å². The Morgan fingerprint density at radius 2 is 1.63 bits per heavy atom. The van der Waals surface area contributed by atoms with Gasteiger partial charge in [0.15, 0.2) is 0 Å². The molecule has 8 heteroatoms. The lowest BCUT2D eigenvalue weighted by atomic mass is 9.87. The van der Waals surface area contributed by atoms with E-state index < -0.39 is 0 Å². The lowest BCUT2D eigenvalue weighted by molar-refractivity contribution is 0.202. The number of hydrogen-bond donors (Lipinski definition) is 2. The summed E-state index contributed by atoms with van der Waals surface area (Å²) in [5, 5.41) is 5.49. The second kappa shape index (κ2) is 13.6. The molecule has 1 aromatic carbocycles. The summed E-state index contributed by atoms with van der Waals surface area (Å²) in [5.41, 5.74) is 5.53. The zero-order chi connectivity index (χ0) is 28.8. The molecule has 2 aromatic heterocycles. The van der Waals surface area contributed by atoms with Crippen molar-refractivity contribution in [1.29, 1.82) is 0 Å². The molecule has 3 N–H and O–H groups in total. The SMILES string of the molecule is CC(C)Oc1cc(CN2CCC(c3ccnc(-c4cccnc4)c3N(N)C3CCNCC3)CC2)cc(OC(C)C)c1.